The highest BCUT2D eigenvalue weighted by Gasteiger charge is 2.17. The number of amides is 1. The van der Waals surface area contributed by atoms with Gasteiger partial charge in [-0.3, -0.25) is 4.79 Å². The summed E-state index contributed by atoms with van der Waals surface area (Å²) in [5.41, 5.74) is 3.46. The van der Waals surface area contributed by atoms with E-state index in [4.69, 9.17) is 0 Å². The van der Waals surface area contributed by atoms with E-state index in [0.717, 1.165) is 48.0 Å². The van der Waals surface area contributed by atoms with Crippen LogP contribution in [0.4, 0.5) is 4.39 Å². The average Bonchev–Trinajstić information content (AvgIpc) is 3.11. The number of benzene rings is 2. The van der Waals surface area contributed by atoms with Gasteiger partial charge in [0.2, 0.25) is 0 Å². The second kappa shape index (κ2) is 7.30. The minimum Gasteiger partial charge on any atom is -0.360 e. The third kappa shape index (κ3) is 3.48. The fourth-order valence-corrected chi connectivity index (χ4v) is 3.55. The van der Waals surface area contributed by atoms with Crippen molar-refractivity contribution in [3.05, 3.63) is 60.0 Å². The molecule has 1 aliphatic rings. The van der Waals surface area contributed by atoms with E-state index in [1.807, 2.05) is 18.2 Å². The van der Waals surface area contributed by atoms with Crippen molar-refractivity contribution in [2.24, 2.45) is 5.92 Å². The molecule has 5 heteroatoms. The molecule has 0 bridgehead atoms. The third-order valence-corrected chi connectivity index (χ3v) is 5.11. The number of nitrogens with one attached hydrogen (secondary N) is 3. The first-order chi connectivity index (χ1) is 12.7. The molecule has 0 saturated carbocycles. The van der Waals surface area contributed by atoms with Crippen LogP contribution in [0.5, 0.6) is 0 Å². The van der Waals surface area contributed by atoms with Gasteiger partial charge < -0.3 is 15.6 Å². The van der Waals surface area contributed by atoms with Crippen LogP contribution in [0.2, 0.25) is 0 Å². The van der Waals surface area contributed by atoms with Crippen LogP contribution in [-0.4, -0.2) is 30.5 Å². The highest BCUT2D eigenvalue weighted by molar-refractivity contribution is 6.07. The van der Waals surface area contributed by atoms with Crippen LogP contribution in [0.25, 0.3) is 22.0 Å². The molecule has 2 aromatic carbocycles. The fourth-order valence-electron chi connectivity index (χ4n) is 3.55. The Hall–Kier alpha value is -2.66. The molecule has 3 aromatic rings. The lowest BCUT2D eigenvalue weighted by atomic mass is 9.98. The first-order valence-corrected chi connectivity index (χ1v) is 9.07. The van der Waals surface area contributed by atoms with Gasteiger partial charge in [-0.2, -0.15) is 0 Å². The minimum atomic E-state index is -0.255. The molecule has 26 heavy (non-hydrogen) atoms. The van der Waals surface area contributed by atoms with E-state index in [1.165, 1.54) is 12.1 Å². The Balaban J connectivity index is 1.55. The minimum absolute atomic E-state index is 0.0500. The van der Waals surface area contributed by atoms with Crippen molar-refractivity contribution in [3.8, 4) is 11.1 Å². The number of H-pyrrole nitrogens is 1. The molecule has 3 N–H and O–H groups in total. The van der Waals surface area contributed by atoms with Crippen molar-refractivity contribution < 1.29 is 9.18 Å². The van der Waals surface area contributed by atoms with Crippen molar-refractivity contribution in [1.82, 2.24) is 15.6 Å². The molecular formula is C21H22FN3O. The van der Waals surface area contributed by atoms with Gasteiger partial charge in [0.15, 0.2) is 0 Å². The zero-order valence-corrected chi connectivity index (χ0v) is 14.5. The van der Waals surface area contributed by atoms with Crippen LogP contribution in [0.15, 0.2) is 48.7 Å². The molecule has 0 aliphatic carbocycles. The summed E-state index contributed by atoms with van der Waals surface area (Å²) in [5.74, 6) is 0.237. The number of aromatic nitrogens is 1. The smallest absolute Gasteiger partial charge is 0.253 e. The van der Waals surface area contributed by atoms with Gasteiger partial charge >= 0.3 is 0 Å². The number of halogens is 1. The molecule has 0 spiro atoms. The SMILES string of the molecule is O=C(NCC1CCNCC1)c1c[nH]c2ccc(-c3ccc(F)cc3)cc12. The second-order valence-corrected chi connectivity index (χ2v) is 6.87. The summed E-state index contributed by atoms with van der Waals surface area (Å²) in [6.45, 7) is 2.76. The number of piperidine rings is 1. The Morgan fingerprint density at radius 2 is 1.81 bits per heavy atom. The molecule has 4 rings (SSSR count). The summed E-state index contributed by atoms with van der Waals surface area (Å²) in [5, 5.41) is 7.30. The van der Waals surface area contributed by atoms with E-state index in [0.29, 0.717) is 18.0 Å². The number of aromatic amines is 1. The molecule has 1 aliphatic heterocycles. The maximum Gasteiger partial charge on any atom is 0.253 e. The van der Waals surface area contributed by atoms with Crippen LogP contribution in [0.3, 0.4) is 0 Å². The molecule has 134 valence electrons. The molecule has 0 unspecified atom stereocenters. The summed E-state index contributed by atoms with van der Waals surface area (Å²) in [4.78, 5) is 15.8. The summed E-state index contributed by atoms with van der Waals surface area (Å²) >= 11 is 0. The fraction of sp³-hybridized carbons (Fsp3) is 0.286. The van der Waals surface area contributed by atoms with Gasteiger partial charge in [0.1, 0.15) is 5.82 Å². The predicted octanol–water partition coefficient (Wildman–Crippen LogP) is 3.70. The maximum absolute atomic E-state index is 13.2. The average molecular weight is 351 g/mol. The Morgan fingerprint density at radius 1 is 1.08 bits per heavy atom. The van der Waals surface area contributed by atoms with E-state index in [9.17, 15) is 9.18 Å². The molecular weight excluding hydrogens is 329 g/mol. The van der Waals surface area contributed by atoms with Gasteiger partial charge in [0, 0.05) is 23.6 Å². The van der Waals surface area contributed by atoms with E-state index in [1.54, 1.807) is 18.3 Å². The van der Waals surface area contributed by atoms with Gasteiger partial charge in [-0.1, -0.05) is 18.2 Å². The molecule has 2 heterocycles. The second-order valence-electron chi connectivity index (χ2n) is 6.87. The normalized spacial score (nSPS) is 15.3. The summed E-state index contributed by atoms with van der Waals surface area (Å²) in [6, 6.07) is 12.3. The van der Waals surface area contributed by atoms with Gasteiger partial charge in [-0.05, 0) is 67.2 Å². The van der Waals surface area contributed by atoms with E-state index in [2.05, 4.69) is 15.6 Å². The van der Waals surface area contributed by atoms with Crippen LogP contribution >= 0.6 is 0 Å². The van der Waals surface area contributed by atoms with Crippen molar-refractivity contribution in [1.29, 1.82) is 0 Å². The largest absolute Gasteiger partial charge is 0.360 e. The van der Waals surface area contributed by atoms with Gasteiger partial charge in [0.25, 0.3) is 5.91 Å². The van der Waals surface area contributed by atoms with Crippen LogP contribution in [-0.2, 0) is 0 Å². The number of hydrogen-bond acceptors (Lipinski definition) is 2. The number of rotatable bonds is 4. The first-order valence-electron chi connectivity index (χ1n) is 9.07. The highest BCUT2D eigenvalue weighted by Crippen LogP contribution is 2.26. The summed E-state index contributed by atoms with van der Waals surface area (Å²) in [7, 11) is 0. The lowest BCUT2D eigenvalue weighted by Crippen LogP contribution is -2.35. The zero-order chi connectivity index (χ0) is 17.9. The Bertz CT molecular complexity index is 911. The Labute approximate surface area is 151 Å². The maximum atomic E-state index is 13.2. The zero-order valence-electron chi connectivity index (χ0n) is 14.5. The Morgan fingerprint density at radius 3 is 2.58 bits per heavy atom. The summed E-state index contributed by atoms with van der Waals surface area (Å²) in [6.07, 6.45) is 3.96. The van der Waals surface area contributed by atoms with Crippen LogP contribution in [0.1, 0.15) is 23.2 Å². The molecule has 0 radical (unpaired) electrons. The standard InChI is InChI=1S/C21H22FN3O/c22-17-4-1-15(2-5-17)16-3-6-20-18(11-16)19(13-24-20)21(26)25-12-14-7-9-23-10-8-14/h1-6,11,13-14,23-24H,7-10,12H2,(H,25,26). The molecule has 1 aromatic heterocycles. The summed E-state index contributed by atoms with van der Waals surface area (Å²) < 4.78 is 13.2. The monoisotopic (exact) mass is 351 g/mol. The number of carbonyl (C=O) groups excluding carboxylic acids is 1. The lowest BCUT2D eigenvalue weighted by molar-refractivity contribution is 0.0946. The van der Waals surface area contributed by atoms with Gasteiger partial charge in [-0.15, -0.1) is 0 Å². The van der Waals surface area contributed by atoms with Crippen LogP contribution < -0.4 is 10.6 Å². The Kier molecular flexibility index (Phi) is 4.71. The van der Waals surface area contributed by atoms with Crippen molar-refractivity contribution >= 4 is 16.8 Å². The molecule has 1 amide bonds. The first kappa shape index (κ1) is 16.8. The molecule has 0 atom stereocenters. The quantitative estimate of drug-likeness (QED) is 0.671. The number of hydrogen-bond donors (Lipinski definition) is 3. The van der Waals surface area contributed by atoms with Gasteiger partial charge in [-0.25, -0.2) is 4.39 Å². The molecule has 4 nitrogen and oxygen atoms in total. The van der Waals surface area contributed by atoms with Crippen LogP contribution in [0, 0.1) is 11.7 Å². The lowest BCUT2D eigenvalue weighted by Gasteiger charge is -2.22. The highest BCUT2D eigenvalue weighted by atomic mass is 19.1. The van der Waals surface area contributed by atoms with Crippen molar-refractivity contribution in [2.75, 3.05) is 19.6 Å². The molecule has 1 fully saturated rings. The number of fused-ring (bicyclic) bond motifs is 1. The van der Waals surface area contributed by atoms with E-state index >= 15 is 0 Å². The van der Waals surface area contributed by atoms with Crippen molar-refractivity contribution in [2.45, 2.75) is 12.8 Å². The van der Waals surface area contributed by atoms with E-state index in [-0.39, 0.29) is 11.7 Å². The third-order valence-electron chi connectivity index (χ3n) is 5.11. The molecule has 1 saturated heterocycles. The number of carbonyl (C=O) groups is 1. The van der Waals surface area contributed by atoms with Gasteiger partial charge in [0.05, 0.1) is 5.56 Å². The topological polar surface area (TPSA) is 56.9 Å². The predicted molar refractivity (Wildman–Crippen MR) is 102 cm³/mol. The van der Waals surface area contributed by atoms with Crippen molar-refractivity contribution in [3.63, 3.8) is 0 Å². The van der Waals surface area contributed by atoms with E-state index < -0.39 is 0 Å².